The minimum Gasteiger partial charge on any atom is -0.493 e. The van der Waals surface area contributed by atoms with Crippen LogP contribution in [-0.2, 0) is 6.42 Å². The van der Waals surface area contributed by atoms with Crippen LogP contribution in [0, 0.1) is 0 Å². The third-order valence-corrected chi connectivity index (χ3v) is 5.11. The lowest BCUT2D eigenvalue weighted by Gasteiger charge is -2.38. The summed E-state index contributed by atoms with van der Waals surface area (Å²) in [5.74, 6) is 1.76. The van der Waals surface area contributed by atoms with Gasteiger partial charge in [0.15, 0.2) is 0 Å². The minimum absolute atomic E-state index is 0.360. The molecular formula is C18H23N5O2. The lowest BCUT2D eigenvalue weighted by Crippen LogP contribution is -2.47. The second kappa shape index (κ2) is 6.85. The molecule has 0 radical (unpaired) electrons. The summed E-state index contributed by atoms with van der Waals surface area (Å²) in [6, 6.07) is 6.99. The van der Waals surface area contributed by atoms with Crippen LogP contribution >= 0.6 is 0 Å². The fourth-order valence-corrected chi connectivity index (χ4v) is 3.51. The molecule has 2 aliphatic rings. The smallest absolute Gasteiger partial charge is 0.225 e. The molecule has 1 aromatic carbocycles. The van der Waals surface area contributed by atoms with Crippen LogP contribution in [0.15, 0.2) is 30.6 Å². The molecule has 0 amide bonds. The normalized spacial score (nSPS) is 18.6. The summed E-state index contributed by atoms with van der Waals surface area (Å²) in [6.07, 6.45) is 4.19. The average molecular weight is 341 g/mol. The van der Waals surface area contributed by atoms with E-state index in [1.165, 1.54) is 11.1 Å². The van der Waals surface area contributed by atoms with E-state index in [-0.39, 0.29) is 0 Å². The van der Waals surface area contributed by atoms with E-state index < -0.39 is 0 Å². The highest BCUT2D eigenvalue weighted by molar-refractivity contribution is 5.42. The largest absolute Gasteiger partial charge is 0.493 e. The fraction of sp³-hybridized carbons (Fsp3) is 0.444. The summed E-state index contributed by atoms with van der Waals surface area (Å²) in [7, 11) is 0. The zero-order valence-corrected chi connectivity index (χ0v) is 14.4. The molecule has 7 heteroatoms. The van der Waals surface area contributed by atoms with Crippen molar-refractivity contribution in [2.45, 2.75) is 19.4 Å². The number of nitrogens with one attached hydrogen (secondary N) is 1. The standard InChI is InChI=1S/C18H23N5O2/c1-13(15-3-2-14-4-9-25-17(14)10-15)22-5-7-23(8-6-22)18-19-11-16(21-24)12-20-18/h2-3,10-13,21,24H,4-9H2,1H3. The third kappa shape index (κ3) is 3.25. The van der Waals surface area contributed by atoms with E-state index in [0.29, 0.717) is 17.7 Å². The monoisotopic (exact) mass is 341 g/mol. The Morgan fingerprint density at radius 3 is 2.64 bits per heavy atom. The summed E-state index contributed by atoms with van der Waals surface area (Å²) >= 11 is 0. The highest BCUT2D eigenvalue weighted by atomic mass is 16.5. The molecule has 0 aliphatic carbocycles. The van der Waals surface area contributed by atoms with Gasteiger partial charge in [0.25, 0.3) is 0 Å². The number of nitrogens with zero attached hydrogens (tertiary/aromatic N) is 4. The molecule has 3 heterocycles. The molecule has 25 heavy (non-hydrogen) atoms. The summed E-state index contributed by atoms with van der Waals surface area (Å²) in [6.45, 7) is 6.75. The molecule has 1 aromatic heterocycles. The van der Waals surface area contributed by atoms with E-state index in [4.69, 9.17) is 9.94 Å². The molecule has 7 nitrogen and oxygen atoms in total. The van der Waals surface area contributed by atoms with Crippen LogP contribution in [-0.4, -0.2) is 52.9 Å². The van der Waals surface area contributed by atoms with E-state index in [0.717, 1.165) is 45.0 Å². The quantitative estimate of drug-likeness (QED) is 0.825. The van der Waals surface area contributed by atoms with Gasteiger partial charge < -0.3 is 9.64 Å². The first kappa shape index (κ1) is 16.1. The number of hydrogen-bond acceptors (Lipinski definition) is 7. The summed E-state index contributed by atoms with van der Waals surface area (Å²) in [4.78, 5) is 13.3. The van der Waals surface area contributed by atoms with Crippen LogP contribution in [0.1, 0.15) is 24.1 Å². The highest BCUT2D eigenvalue weighted by Gasteiger charge is 2.24. The number of benzene rings is 1. The number of ether oxygens (including phenoxy) is 1. The molecule has 1 saturated heterocycles. The molecule has 2 N–H and O–H groups in total. The second-order valence-electron chi connectivity index (χ2n) is 6.55. The molecule has 0 bridgehead atoms. The van der Waals surface area contributed by atoms with Crippen LogP contribution in [0.2, 0.25) is 0 Å². The Kier molecular flexibility index (Phi) is 4.42. The molecule has 2 aliphatic heterocycles. The number of fused-ring (bicyclic) bond motifs is 1. The van der Waals surface area contributed by atoms with Crippen molar-refractivity contribution in [1.82, 2.24) is 14.9 Å². The molecule has 1 atom stereocenters. The Labute approximate surface area is 147 Å². The van der Waals surface area contributed by atoms with Crippen molar-refractivity contribution < 1.29 is 9.94 Å². The predicted molar refractivity (Wildman–Crippen MR) is 95.3 cm³/mol. The van der Waals surface area contributed by atoms with Gasteiger partial charge >= 0.3 is 0 Å². The zero-order chi connectivity index (χ0) is 17.2. The predicted octanol–water partition coefficient (Wildman–Crippen LogP) is 2.10. The summed E-state index contributed by atoms with van der Waals surface area (Å²) < 4.78 is 5.70. The van der Waals surface area contributed by atoms with Gasteiger partial charge in [0.1, 0.15) is 5.75 Å². The van der Waals surface area contributed by atoms with Crippen molar-refractivity contribution in [3.63, 3.8) is 0 Å². The summed E-state index contributed by atoms with van der Waals surface area (Å²) in [5, 5.41) is 8.84. The maximum absolute atomic E-state index is 8.84. The van der Waals surface area contributed by atoms with Gasteiger partial charge in [-0.15, -0.1) is 0 Å². The van der Waals surface area contributed by atoms with E-state index in [9.17, 15) is 0 Å². The Bertz CT molecular complexity index is 729. The summed E-state index contributed by atoms with van der Waals surface area (Å²) in [5.41, 5.74) is 5.18. The lowest BCUT2D eigenvalue weighted by atomic mass is 10.0. The molecule has 1 unspecified atom stereocenters. The first-order valence-electron chi connectivity index (χ1n) is 8.71. The van der Waals surface area contributed by atoms with Gasteiger partial charge in [-0.05, 0) is 24.1 Å². The molecular weight excluding hydrogens is 318 g/mol. The van der Waals surface area contributed by atoms with E-state index in [2.05, 4.69) is 50.4 Å². The number of aromatic nitrogens is 2. The van der Waals surface area contributed by atoms with Gasteiger partial charge in [-0.1, -0.05) is 12.1 Å². The van der Waals surface area contributed by atoms with E-state index in [1.807, 2.05) is 0 Å². The molecule has 1 fully saturated rings. The van der Waals surface area contributed by atoms with Crippen molar-refractivity contribution in [2.24, 2.45) is 0 Å². The first-order chi connectivity index (χ1) is 12.2. The molecule has 132 valence electrons. The van der Waals surface area contributed by atoms with Gasteiger partial charge in [-0.2, -0.15) is 0 Å². The first-order valence-corrected chi connectivity index (χ1v) is 8.71. The number of anilines is 2. The third-order valence-electron chi connectivity index (χ3n) is 5.11. The number of hydrogen-bond donors (Lipinski definition) is 2. The van der Waals surface area contributed by atoms with E-state index in [1.54, 1.807) is 12.4 Å². The average Bonchev–Trinajstić information content (AvgIpc) is 3.15. The van der Waals surface area contributed by atoms with Crippen molar-refractivity contribution in [3.05, 3.63) is 41.7 Å². The molecule has 2 aromatic rings. The maximum atomic E-state index is 8.84. The van der Waals surface area contributed by atoms with Crippen LogP contribution in [0.25, 0.3) is 0 Å². The lowest BCUT2D eigenvalue weighted by molar-refractivity contribution is 0.197. The fourth-order valence-electron chi connectivity index (χ4n) is 3.51. The maximum Gasteiger partial charge on any atom is 0.225 e. The van der Waals surface area contributed by atoms with E-state index >= 15 is 0 Å². The molecule has 0 spiro atoms. The molecule has 0 saturated carbocycles. The molecule has 4 rings (SSSR count). The van der Waals surface area contributed by atoms with Crippen molar-refractivity contribution in [3.8, 4) is 5.75 Å². The Morgan fingerprint density at radius 2 is 1.92 bits per heavy atom. The number of piperazine rings is 1. The van der Waals surface area contributed by atoms with Gasteiger partial charge in [0.2, 0.25) is 5.95 Å². The van der Waals surface area contributed by atoms with Crippen LogP contribution in [0.4, 0.5) is 11.6 Å². The van der Waals surface area contributed by atoms with Gasteiger partial charge in [0, 0.05) is 38.6 Å². The Balaban J connectivity index is 1.39. The van der Waals surface area contributed by atoms with Crippen molar-refractivity contribution in [1.29, 1.82) is 0 Å². The topological polar surface area (TPSA) is 73.8 Å². The van der Waals surface area contributed by atoms with Crippen molar-refractivity contribution in [2.75, 3.05) is 43.2 Å². The van der Waals surface area contributed by atoms with Gasteiger partial charge in [-0.25, -0.2) is 9.97 Å². The van der Waals surface area contributed by atoms with Crippen LogP contribution < -0.4 is 15.1 Å². The number of rotatable bonds is 4. The Morgan fingerprint density at radius 1 is 1.16 bits per heavy atom. The van der Waals surface area contributed by atoms with Crippen molar-refractivity contribution >= 4 is 11.6 Å². The minimum atomic E-state index is 0.360. The highest BCUT2D eigenvalue weighted by Crippen LogP contribution is 2.31. The van der Waals surface area contributed by atoms with Gasteiger partial charge in [0.05, 0.1) is 24.7 Å². The SMILES string of the molecule is CC(c1ccc2c(c1)OCC2)N1CCN(c2ncc(NO)cn2)CC1. The second-order valence-corrected chi connectivity index (χ2v) is 6.55. The van der Waals surface area contributed by atoms with Crippen LogP contribution in [0.3, 0.4) is 0 Å². The van der Waals surface area contributed by atoms with Gasteiger partial charge in [-0.3, -0.25) is 15.6 Å². The zero-order valence-electron chi connectivity index (χ0n) is 14.4. The van der Waals surface area contributed by atoms with Crippen LogP contribution in [0.5, 0.6) is 5.75 Å². The Hall–Kier alpha value is -2.38.